The van der Waals surface area contributed by atoms with Crippen molar-refractivity contribution in [2.45, 2.75) is 32.6 Å². The number of aldehydes is 1. The van der Waals surface area contributed by atoms with E-state index in [4.69, 9.17) is 0 Å². The van der Waals surface area contributed by atoms with Crippen LogP contribution in [0.25, 0.3) is 0 Å². The minimum Gasteiger partial charge on any atom is -0.297 e. The summed E-state index contributed by atoms with van der Waals surface area (Å²) in [5.41, 5.74) is 4.19. The first-order valence-corrected chi connectivity index (χ1v) is 5.36. The predicted octanol–water partition coefficient (Wildman–Crippen LogP) is 3.03. The van der Waals surface area contributed by atoms with Gasteiger partial charge in [0.15, 0.2) is 6.29 Å². The van der Waals surface area contributed by atoms with Crippen LogP contribution in [0.1, 0.15) is 37.3 Å². The van der Waals surface area contributed by atoms with E-state index in [2.05, 4.69) is 37.0 Å². The van der Waals surface area contributed by atoms with Crippen LogP contribution in [0.4, 0.5) is 5.69 Å². The molecule has 15 heavy (non-hydrogen) atoms. The number of carbonyl (C=O) groups is 1. The molecule has 0 radical (unpaired) electrons. The van der Waals surface area contributed by atoms with E-state index in [-0.39, 0.29) is 0 Å². The largest absolute Gasteiger partial charge is 0.297 e. The summed E-state index contributed by atoms with van der Waals surface area (Å²) in [7, 11) is 0. The van der Waals surface area contributed by atoms with Gasteiger partial charge in [-0.15, -0.1) is 0 Å². The predicted molar refractivity (Wildman–Crippen MR) is 62.0 cm³/mol. The smallest absolute Gasteiger partial charge is 0.164 e. The van der Waals surface area contributed by atoms with E-state index in [0.717, 1.165) is 24.8 Å². The molecule has 0 unspecified atom stereocenters. The van der Waals surface area contributed by atoms with Gasteiger partial charge >= 0.3 is 0 Å². The summed E-state index contributed by atoms with van der Waals surface area (Å²) in [6, 6.07) is 6.39. The maximum atomic E-state index is 10.7. The minimum atomic E-state index is 0.507. The zero-order valence-corrected chi connectivity index (χ0v) is 9.16. The quantitative estimate of drug-likeness (QED) is 0.676. The summed E-state index contributed by atoms with van der Waals surface area (Å²) in [6.07, 6.45) is 2.58. The summed E-state index contributed by atoms with van der Waals surface area (Å²) < 4.78 is 0. The fraction of sp³-hybridized carbons (Fsp3) is 0.385. The van der Waals surface area contributed by atoms with Crippen LogP contribution in [0, 0.1) is 0 Å². The fourth-order valence-electron chi connectivity index (χ4n) is 1.81. The maximum Gasteiger partial charge on any atom is 0.164 e. The first kappa shape index (κ1) is 10.1. The number of aliphatic imine (C=N–C) groups is 1. The highest BCUT2D eigenvalue weighted by Gasteiger charge is 2.12. The summed E-state index contributed by atoms with van der Waals surface area (Å²) in [4.78, 5) is 15.0. The number of benzene rings is 1. The van der Waals surface area contributed by atoms with Crippen LogP contribution in [0.5, 0.6) is 0 Å². The van der Waals surface area contributed by atoms with Gasteiger partial charge in [-0.2, -0.15) is 0 Å². The van der Waals surface area contributed by atoms with E-state index in [0.29, 0.717) is 11.6 Å². The molecule has 2 rings (SSSR count). The molecule has 0 fully saturated rings. The Balaban J connectivity index is 2.44. The second-order valence-electron chi connectivity index (χ2n) is 4.26. The van der Waals surface area contributed by atoms with Crippen molar-refractivity contribution >= 4 is 17.7 Å². The molecule has 0 aliphatic carbocycles. The molecule has 1 aromatic rings. The van der Waals surface area contributed by atoms with Crippen molar-refractivity contribution in [3.63, 3.8) is 0 Å². The standard InChI is InChI=1S/C13H15NO/c1-9(2)11-4-3-10-5-6-12(8-15)14-13(10)7-11/h3-4,7-9H,5-6H2,1-2H3. The Morgan fingerprint density at radius 3 is 2.80 bits per heavy atom. The van der Waals surface area contributed by atoms with Crippen LogP contribution >= 0.6 is 0 Å². The van der Waals surface area contributed by atoms with Crippen molar-refractivity contribution < 1.29 is 4.79 Å². The number of fused-ring (bicyclic) bond motifs is 1. The topological polar surface area (TPSA) is 29.4 Å². The molecule has 78 valence electrons. The molecule has 0 aromatic heterocycles. The van der Waals surface area contributed by atoms with Crippen LogP contribution < -0.4 is 0 Å². The summed E-state index contributed by atoms with van der Waals surface area (Å²) in [5, 5.41) is 0. The zero-order chi connectivity index (χ0) is 10.8. The number of rotatable bonds is 2. The molecule has 2 nitrogen and oxygen atoms in total. The number of carbonyl (C=O) groups excluding carboxylic acids is 1. The van der Waals surface area contributed by atoms with Crippen molar-refractivity contribution in [1.29, 1.82) is 0 Å². The van der Waals surface area contributed by atoms with Crippen LogP contribution in [-0.4, -0.2) is 12.0 Å². The van der Waals surface area contributed by atoms with Gasteiger partial charge < -0.3 is 0 Å². The second-order valence-corrected chi connectivity index (χ2v) is 4.26. The Bertz CT molecular complexity index is 419. The summed E-state index contributed by atoms with van der Waals surface area (Å²) in [6.45, 7) is 4.32. The molecule has 0 atom stereocenters. The number of hydrogen-bond donors (Lipinski definition) is 0. The van der Waals surface area contributed by atoms with E-state index in [9.17, 15) is 4.79 Å². The number of hydrogen-bond acceptors (Lipinski definition) is 2. The second kappa shape index (κ2) is 3.97. The van der Waals surface area contributed by atoms with Crippen molar-refractivity contribution in [2.75, 3.05) is 0 Å². The Hall–Kier alpha value is -1.44. The van der Waals surface area contributed by atoms with Gasteiger partial charge in [0.25, 0.3) is 0 Å². The van der Waals surface area contributed by atoms with Gasteiger partial charge in [0.1, 0.15) is 0 Å². The minimum absolute atomic E-state index is 0.507. The lowest BCUT2D eigenvalue weighted by Crippen LogP contribution is -2.07. The lowest BCUT2D eigenvalue weighted by Gasteiger charge is -2.14. The molecule has 0 bridgehead atoms. The van der Waals surface area contributed by atoms with Gasteiger partial charge in [0.2, 0.25) is 0 Å². The average Bonchev–Trinajstić information content (AvgIpc) is 2.27. The summed E-state index contributed by atoms with van der Waals surface area (Å²) >= 11 is 0. The summed E-state index contributed by atoms with van der Waals surface area (Å²) in [5.74, 6) is 0.507. The Morgan fingerprint density at radius 2 is 2.13 bits per heavy atom. The van der Waals surface area contributed by atoms with Crippen LogP contribution in [-0.2, 0) is 11.2 Å². The fourth-order valence-corrected chi connectivity index (χ4v) is 1.81. The zero-order valence-electron chi connectivity index (χ0n) is 9.16. The average molecular weight is 201 g/mol. The van der Waals surface area contributed by atoms with Gasteiger partial charge in [-0.25, -0.2) is 4.99 Å². The third-order valence-electron chi connectivity index (χ3n) is 2.83. The van der Waals surface area contributed by atoms with Gasteiger partial charge in [0.05, 0.1) is 11.4 Å². The highest BCUT2D eigenvalue weighted by Crippen LogP contribution is 2.29. The van der Waals surface area contributed by atoms with Crippen LogP contribution in [0.15, 0.2) is 23.2 Å². The molecule has 0 N–H and O–H groups in total. The van der Waals surface area contributed by atoms with E-state index in [1.807, 2.05) is 0 Å². The first-order chi connectivity index (χ1) is 7.20. The Morgan fingerprint density at radius 1 is 1.33 bits per heavy atom. The molecule has 0 spiro atoms. The van der Waals surface area contributed by atoms with Crippen LogP contribution in [0.2, 0.25) is 0 Å². The highest BCUT2D eigenvalue weighted by molar-refractivity contribution is 6.29. The molecular formula is C13H15NO. The monoisotopic (exact) mass is 201 g/mol. The lowest BCUT2D eigenvalue weighted by molar-refractivity contribution is -0.102. The molecular weight excluding hydrogens is 186 g/mol. The molecule has 0 saturated heterocycles. The normalized spacial score (nSPS) is 14.7. The molecule has 1 aromatic carbocycles. The SMILES string of the molecule is CC(C)c1ccc2c(c1)N=C(C=O)CC2. The number of nitrogens with zero attached hydrogens (tertiary/aromatic N) is 1. The lowest BCUT2D eigenvalue weighted by atomic mass is 9.96. The molecule has 1 aliphatic rings. The van der Waals surface area contributed by atoms with Gasteiger partial charge in [-0.3, -0.25) is 4.79 Å². The van der Waals surface area contributed by atoms with E-state index in [1.54, 1.807) is 0 Å². The molecule has 2 heteroatoms. The Kier molecular flexibility index (Phi) is 2.67. The first-order valence-electron chi connectivity index (χ1n) is 5.36. The molecule has 0 saturated carbocycles. The molecule has 1 heterocycles. The van der Waals surface area contributed by atoms with E-state index >= 15 is 0 Å². The molecule has 1 aliphatic heterocycles. The van der Waals surface area contributed by atoms with Crippen molar-refractivity contribution in [1.82, 2.24) is 0 Å². The maximum absolute atomic E-state index is 10.7. The van der Waals surface area contributed by atoms with Gasteiger partial charge in [-0.05, 0) is 36.0 Å². The van der Waals surface area contributed by atoms with Gasteiger partial charge in [-0.1, -0.05) is 26.0 Å². The number of aryl methyl sites for hydroxylation is 1. The third-order valence-corrected chi connectivity index (χ3v) is 2.83. The van der Waals surface area contributed by atoms with Crippen LogP contribution in [0.3, 0.4) is 0 Å². The highest BCUT2D eigenvalue weighted by atomic mass is 16.1. The van der Waals surface area contributed by atoms with Gasteiger partial charge in [0, 0.05) is 0 Å². The molecule has 0 amide bonds. The van der Waals surface area contributed by atoms with Crippen molar-refractivity contribution in [3.05, 3.63) is 29.3 Å². The Labute approximate surface area is 90.0 Å². The third kappa shape index (κ3) is 1.99. The van der Waals surface area contributed by atoms with E-state index in [1.165, 1.54) is 11.1 Å². The van der Waals surface area contributed by atoms with E-state index < -0.39 is 0 Å². The van der Waals surface area contributed by atoms with Crippen molar-refractivity contribution in [2.24, 2.45) is 4.99 Å². The van der Waals surface area contributed by atoms with Crippen molar-refractivity contribution in [3.8, 4) is 0 Å².